The summed E-state index contributed by atoms with van der Waals surface area (Å²) in [7, 11) is -1.54. The molecular formula is C22H31FIN3O2S. The van der Waals surface area contributed by atoms with E-state index < -0.39 is 15.7 Å². The van der Waals surface area contributed by atoms with E-state index in [0.717, 1.165) is 6.42 Å². The molecule has 2 aromatic carbocycles. The number of benzene rings is 2. The van der Waals surface area contributed by atoms with Gasteiger partial charge in [-0.3, -0.25) is 4.99 Å². The molecule has 0 bridgehead atoms. The first-order valence-corrected chi connectivity index (χ1v) is 11.6. The Hall–Kier alpha value is -1.68. The summed E-state index contributed by atoms with van der Waals surface area (Å²) in [6.45, 7) is 5.33. The maximum Gasteiger partial charge on any atom is 0.191 e. The molecule has 30 heavy (non-hydrogen) atoms. The summed E-state index contributed by atoms with van der Waals surface area (Å²) < 4.78 is 37.0. The van der Waals surface area contributed by atoms with E-state index in [1.165, 1.54) is 30.0 Å². The van der Waals surface area contributed by atoms with Gasteiger partial charge in [0, 0.05) is 26.4 Å². The van der Waals surface area contributed by atoms with E-state index in [-0.39, 0.29) is 41.7 Å². The Bertz CT molecular complexity index is 948. The number of sulfone groups is 1. The SMILES string of the molecule is CN=C(NCc1cc(F)ccc1CS(C)(=O)=O)NCC(C)(C)Cc1ccccc1.I. The van der Waals surface area contributed by atoms with Crippen LogP contribution < -0.4 is 10.6 Å². The Labute approximate surface area is 196 Å². The molecule has 0 spiro atoms. The highest BCUT2D eigenvalue weighted by Gasteiger charge is 2.19. The summed E-state index contributed by atoms with van der Waals surface area (Å²) in [5.74, 6) is 0.0622. The van der Waals surface area contributed by atoms with Crippen molar-refractivity contribution < 1.29 is 12.8 Å². The zero-order valence-electron chi connectivity index (χ0n) is 17.9. The Kier molecular flexibility index (Phi) is 10.2. The largest absolute Gasteiger partial charge is 0.356 e. The molecule has 0 aliphatic rings. The van der Waals surface area contributed by atoms with Crippen molar-refractivity contribution in [1.29, 1.82) is 0 Å². The van der Waals surface area contributed by atoms with Crippen molar-refractivity contribution in [1.82, 2.24) is 10.6 Å². The van der Waals surface area contributed by atoms with Crippen LogP contribution in [0.3, 0.4) is 0 Å². The third kappa shape index (κ3) is 9.42. The maximum atomic E-state index is 13.7. The van der Waals surface area contributed by atoms with Crippen molar-refractivity contribution in [2.75, 3.05) is 19.8 Å². The van der Waals surface area contributed by atoms with Crippen LogP contribution in [0.25, 0.3) is 0 Å². The van der Waals surface area contributed by atoms with Crippen LogP contribution in [0.1, 0.15) is 30.5 Å². The molecule has 0 amide bonds. The highest BCUT2D eigenvalue weighted by Crippen LogP contribution is 2.20. The maximum absolute atomic E-state index is 13.7. The minimum absolute atomic E-state index is 0. The second-order valence-electron chi connectivity index (χ2n) is 8.09. The molecule has 2 N–H and O–H groups in total. The number of aliphatic imine (C=N–C) groups is 1. The van der Waals surface area contributed by atoms with Gasteiger partial charge in [0.15, 0.2) is 15.8 Å². The fraction of sp³-hybridized carbons (Fsp3) is 0.409. The molecular weight excluding hydrogens is 516 g/mol. The van der Waals surface area contributed by atoms with Crippen molar-refractivity contribution >= 4 is 39.8 Å². The number of nitrogens with zero attached hydrogens (tertiary/aromatic N) is 1. The first kappa shape index (κ1) is 26.4. The smallest absolute Gasteiger partial charge is 0.191 e. The Morgan fingerprint density at radius 3 is 2.33 bits per heavy atom. The number of nitrogens with one attached hydrogen (secondary N) is 2. The fourth-order valence-electron chi connectivity index (χ4n) is 3.12. The molecule has 2 rings (SSSR count). The molecule has 166 valence electrons. The van der Waals surface area contributed by atoms with Crippen molar-refractivity contribution in [2.45, 2.75) is 32.6 Å². The van der Waals surface area contributed by atoms with E-state index in [9.17, 15) is 12.8 Å². The number of guanidine groups is 1. The molecule has 0 atom stereocenters. The third-order valence-electron chi connectivity index (χ3n) is 4.52. The van der Waals surface area contributed by atoms with Gasteiger partial charge < -0.3 is 10.6 Å². The van der Waals surface area contributed by atoms with Gasteiger partial charge in [0.2, 0.25) is 0 Å². The summed E-state index contributed by atoms with van der Waals surface area (Å²) in [5, 5.41) is 6.46. The zero-order valence-corrected chi connectivity index (χ0v) is 21.1. The van der Waals surface area contributed by atoms with Gasteiger partial charge in [-0.25, -0.2) is 12.8 Å². The summed E-state index contributed by atoms with van der Waals surface area (Å²) >= 11 is 0. The van der Waals surface area contributed by atoms with E-state index in [0.29, 0.717) is 23.6 Å². The molecule has 0 aromatic heterocycles. The Morgan fingerprint density at radius 1 is 1.07 bits per heavy atom. The van der Waals surface area contributed by atoms with Crippen molar-refractivity contribution in [3.05, 3.63) is 71.0 Å². The second-order valence-corrected chi connectivity index (χ2v) is 10.2. The second kappa shape index (κ2) is 11.6. The van der Waals surface area contributed by atoms with E-state index in [1.807, 2.05) is 18.2 Å². The number of hydrogen-bond acceptors (Lipinski definition) is 3. The van der Waals surface area contributed by atoms with E-state index in [4.69, 9.17) is 0 Å². The van der Waals surface area contributed by atoms with Crippen LogP contribution in [0.5, 0.6) is 0 Å². The summed E-state index contributed by atoms with van der Waals surface area (Å²) in [4.78, 5) is 4.22. The quantitative estimate of drug-likeness (QED) is 0.299. The number of halogens is 2. The fourth-order valence-corrected chi connectivity index (χ4v) is 3.96. The Balaban J connectivity index is 0.00000450. The predicted octanol–water partition coefficient (Wildman–Crippen LogP) is 3.92. The van der Waals surface area contributed by atoms with Crippen molar-refractivity contribution in [2.24, 2.45) is 10.4 Å². The minimum Gasteiger partial charge on any atom is -0.356 e. The average Bonchev–Trinajstić information content (AvgIpc) is 2.63. The lowest BCUT2D eigenvalue weighted by molar-refractivity contribution is 0.359. The highest BCUT2D eigenvalue weighted by atomic mass is 127. The van der Waals surface area contributed by atoms with Crippen LogP contribution in [0.2, 0.25) is 0 Å². The van der Waals surface area contributed by atoms with E-state index in [1.54, 1.807) is 7.05 Å². The third-order valence-corrected chi connectivity index (χ3v) is 5.35. The highest BCUT2D eigenvalue weighted by molar-refractivity contribution is 14.0. The molecule has 0 aliphatic heterocycles. The first-order valence-electron chi connectivity index (χ1n) is 9.51. The monoisotopic (exact) mass is 547 g/mol. The molecule has 0 fully saturated rings. The van der Waals surface area contributed by atoms with Crippen molar-refractivity contribution in [3.8, 4) is 0 Å². The lowest BCUT2D eigenvalue weighted by Gasteiger charge is -2.26. The van der Waals surface area contributed by atoms with Crippen LogP contribution in [0.15, 0.2) is 53.5 Å². The molecule has 2 aromatic rings. The van der Waals surface area contributed by atoms with Gasteiger partial charge in [-0.15, -0.1) is 24.0 Å². The molecule has 0 saturated heterocycles. The van der Waals surface area contributed by atoms with Gasteiger partial charge in [0.1, 0.15) is 5.82 Å². The van der Waals surface area contributed by atoms with E-state index in [2.05, 4.69) is 41.6 Å². The number of rotatable bonds is 8. The van der Waals surface area contributed by atoms with E-state index >= 15 is 0 Å². The molecule has 0 radical (unpaired) electrons. The van der Waals surface area contributed by atoms with Gasteiger partial charge in [0.05, 0.1) is 5.75 Å². The standard InChI is InChI=1S/C22H30FN3O2S.HI/c1-22(2,13-17-8-6-5-7-9-17)16-26-21(24-3)25-14-19-12-20(23)11-10-18(19)15-29(4,27)28;/h5-12H,13-16H2,1-4H3,(H2,24,25,26);1H. The lowest BCUT2D eigenvalue weighted by atomic mass is 9.86. The minimum atomic E-state index is -3.21. The first-order chi connectivity index (χ1) is 13.6. The van der Waals surface area contributed by atoms with Gasteiger partial charge in [-0.2, -0.15) is 0 Å². The predicted molar refractivity (Wildman–Crippen MR) is 132 cm³/mol. The van der Waals surface area contributed by atoms with Crippen LogP contribution in [-0.4, -0.2) is 34.2 Å². The van der Waals surface area contributed by atoms with Crippen LogP contribution in [0.4, 0.5) is 4.39 Å². The van der Waals surface area contributed by atoms with Gasteiger partial charge in [-0.1, -0.05) is 50.2 Å². The molecule has 0 saturated carbocycles. The van der Waals surface area contributed by atoms with Gasteiger partial charge in [0.25, 0.3) is 0 Å². The lowest BCUT2D eigenvalue weighted by Crippen LogP contribution is -2.42. The van der Waals surface area contributed by atoms with Gasteiger partial charge >= 0.3 is 0 Å². The van der Waals surface area contributed by atoms with Crippen LogP contribution in [-0.2, 0) is 28.6 Å². The normalized spacial score (nSPS) is 12.2. The number of hydrogen-bond donors (Lipinski definition) is 2. The molecule has 0 aliphatic carbocycles. The topological polar surface area (TPSA) is 70.6 Å². The van der Waals surface area contributed by atoms with Crippen LogP contribution in [0, 0.1) is 11.2 Å². The Morgan fingerprint density at radius 2 is 1.73 bits per heavy atom. The molecule has 0 heterocycles. The summed E-state index contributed by atoms with van der Waals surface area (Å²) in [5.41, 5.74) is 2.45. The molecule has 5 nitrogen and oxygen atoms in total. The van der Waals surface area contributed by atoms with Crippen molar-refractivity contribution in [3.63, 3.8) is 0 Å². The molecule has 8 heteroatoms. The van der Waals surface area contributed by atoms with Crippen LogP contribution >= 0.6 is 24.0 Å². The molecule has 0 unspecified atom stereocenters. The summed E-state index contributed by atoms with van der Waals surface area (Å²) in [6.07, 6.45) is 2.09. The average molecular weight is 547 g/mol. The zero-order chi connectivity index (χ0) is 21.5. The van der Waals surface area contributed by atoms with Gasteiger partial charge in [-0.05, 0) is 40.7 Å². The summed E-state index contributed by atoms with van der Waals surface area (Å²) in [6, 6.07) is 14.5.